The minimum Gasteiger partial charge on any atom is -0.406 e. The second-order valence-electron chi connectivity index (χ2n) is 7.01. The van der Waals surface area contributed by atoms with Gasteiger partial charge in [0, 0.05) is 24.7 Å². The number of amides is 3. The summed E-state index contributed by atoms with van der Waals surface area (Å²) in [5, 5.41) is 12.2. The van der Waals surface area contributed by atoms with Gasteiger partial charge in [0.2, 0.25) is 5.91 Å². The number of hydrogen-bond donors (Lipinski definition) is 3. The summed E-state index contributed by atoms with van der Waals surface area (Å²) in [6.45, 7) is 0.363. The Labute approximate surface area is 180 Å². The van der Waals surface area contributed by atoms with Crippen LogP contribution in [0.5, 0.6) is 5.75 Å². The zero-order valence-electron chi connectivity index (χ0n) is 16.5. The summed E-state index contributed by atoms with van der Waals surface area (Å²) < 4.78 is 43.5. The van der Waals surface area contributed by atoms with Crippen LogP contribution in [0.15, 0.2) is 60.7 Å². The molecule has 2 heterocycles. The van der Waals surface area contributed by atoms with Gasteiger partial charge in [-0.15, -0.1) is 18.3 Å². The summed E-state index contributed by atoms with van der Waals surface area (Å²) in [5.41, 5.74) is 1.51. The lowest BCUT2D eigenvalue weighted by Crippen LogP contribution is -2.51. The van der Waals surface area contributed by atoms with E-state index in [1.54, 1.807) is 36.4 Å². The van der Waals surface area contributed by atoms with Crippen LogP contribution in [0.2, 0.25) is 0 Å². The van der Waals surface area contributed by atoms with Crippen molar-refractivity contribution in [1.82, 2.24) is 20.4 Å². The Morgan fingerprint density at radius 2 is 1.78 bits per heavy atom. The Hall–Kier alpha value is -4.02. The summed E-state index contributed by atoms with van der Waals surface area (Å²) in [6, 6.07) is 15.7. The molecular weight excluding hydrogens is 427 g/mol. The van der Waals surface area contributed by atoms with Crippen LogP contribution >= 0.6 is 0 Å². The van der Waals surface area contributed by atoms with Gasteiger partial charge in [0.1, 0.15) is 5.75 Å². The first-order valence-corrected chi connectivity index (χ1v) is 9.63. The summed E-state index contributed by atoms with van der Waals surface area (Å²) in [7, 11) is 0. The van der Waals surface area contributed by atoms with E-state index in [0.717, 1.165) is 0 Å². The van der Waals surface area contributed by atoms with Crippen molar-refractivity contribution in [2.75, 3.05) is 18.4 Å². The molecule has 1 aliphatic heterocycles. The van der Waals surface area contributed by atoms with Crippen LogP contribution in [0.25, 0.3) is 16.9 Å². The van der Waals surface area contributed by atoms with Crippen LogP contribution in [0.3, 0.4) is 0 Å². The van der Waals surface area contributed by atoms with Crippen LogP contribution in [0.1, 0.15) is 0 Å². The maximum Gasteiger partial charge on any atom is 0.573 e. The monoisotopic (exact) mass is 445 g/mol. The Morgan fingerprint density at radius 3 is 2.47 bits per heavy atom. The van der Waals surface area contributed by atoms with E-state index in [1.165, 1.54) is 22.9 Å². The minimum absolute atomic E-state index is 0.181. The van der Waals surface area contributed by atoms with E-state index in [1.807, 2.05) is 6.07 Å². The predicted octanol–water partition coefficient (Wildman–Crippen LogP) is 3.31. The van der Waals surface area contributed by atoms with Crippen LogP contribution in [-0.4, -0.2) is 41.2 Å². The van der Waals surface area contributed by atoms with Gasteiger partial charge in [-0.3, -0.25) is 4.79 Å². The first-order valence-electron chi connectivity index (χ1n) is 9.63. The first-order chi connectivity index (χ1) is 15.3. The van der Waals surface area contributed by atoms with Crippen molar-refractivity contribution in [3.63, 3.8) is 0 Å². The molecule has 0 spiro atoms. The highest BCUT2D eigenvalue weighted by Gasteiger charge is 2.31. The summed E-state index contributed by atoms with van der Waals surface area (Å²) in [6.07, 6.45) is -4.82. The number of nitrogens with zero attached hydrogens (tertiary/aromatic N) is 2. The fourth-order valence-corrected chi connectivity index (χ4v) is 3.25. The van der Waals surface area contributed by atoms with Crippen LogP contribution in [0, 0.1) is 5.92 Å². The van der Waals surface area contributed by atoms with Gasteiger partial charge in [-0.2, -0.15) is 0 Å². The van der Waals surface area contributed by atoms with Crippen LogP contribution < -0.4 is 20.7 Å². The third-order valence-electron chi connectivity index (χ3n) is 4.71. The number of halogens is 3. The van der Waals surface area contributed by atoms with Gasteiger partial charge < -0.3 is 20.7 Å². The average Bonchev–Trinajstić information content (AvgIpc) is 3.17. The smallest absolute Gasteiger partial charge is 0.406 e. The molecule has 1 aromatic heterocycles. The third-order valence-corrected chi connectivity index (χ3v) is 4.71. The maximum absolute atomic E-state index is 12.6. The molecule has 3 N–H and O–H groups in total. The molecule has 0 bridgehead atoms. The normalized spacial score (nSPS) is 14.4. The molecule has 2 aromatic carbocycles. The summed E-state index contributed by atoms with van der Waals surface area (Å²) in [4.78, 5) is 23.8. The molecule has 1 aliphatic rings. The van der Waals surface area contributed by atoms with Crippen molar-refractivity contribution >= 4 is 17.8 Å². The zero-order chi connectivity index (χ0) is 22.7. The molecule has 0 atom stereocenters. The summed E-state index contributed by atoms with van der Waals surface area (Å²) >= 11 is 0. The number of carbonyl (C=O) groups excluding carboxylic acids is 2. The van der Waals surface area contributed by atoms with E-state index >= 15 is 0 Å². The number of urea groups is 1. The van der Waals surface area contributed by atoms with Gasteiger partial charge in [0.15, 0.2) is 5.82 Å². The number of alkyl halides is 3. The van der Waals surface area contributed by atoms with Crippen molar-refractivity contribution < 1.29 is 27.5 Å². The number of rotatable bonds is 5. The Balaban J connectivity index is 1.66. The van der Waals surface area contributed by atoms with E-state index in [-0.39, 0.29) is 36.6 Å². The lowest BCUT2D eigenvalue weighted by molar-refractivity contribution is -0.274. The highest BCUT2D eigenvalue weighted by atomic mass is 19.4. The first kappa shape index (κ1) is 21.2. The van der Waals surface area contributed by atoms with Crippen molar-refractivity contribution in [2.45, 2.75) is 6.36 Å². The lowest BCUT2D eigenvalue weighted by Gasteiger charge is -2.22. The molecule has 11 heteroatoms. The quantitative estimate of drug-likeness (QED) is 0.561. The van der Waals surface area contributed by atoms with Gasteiger partial charge in [-0.05, 0) is 24.3 Å². The molecule has 32 heavy (non-hydrogen) atoms. The lowest BCUT2D eigenvalue weighted by atomic mass is 10.1. The van der Waals surface area contributed by atoms with E-state index in [4.69, 9.17) is 0 Å². The Morgan fingerprint density at radius 1 is 1.06 bits per heavy atom. The van der Waals surface area contributed by atoms with Crippen LogP contribution in [0.4, 0.5) is 23.8 Å². The molecular formula is C21H18F3N5O3. The van der Waals surface area contributed by atoms with Crippen molar-refractivity contribution in [3.8, 4) is 22.7 Å². The molecule has 0 unspecified atom stereocenters. The molecule has 0 aliphatic carbocycles. The third kappa shape index (κ3) is 4.99. The molecule has 4 rings (SSSR count). The second kappa shape index (κ2) is 8.61. The van der Waals surface area contributed by atoms with E-state index in [2.05, 4.69) is 25.8 Å². The minimum atomic E-state index is -4.82. The van der Waals surface area contributed by atoms with E-state index in [9.17, 15) is 22.8 Å². The number of anilines is 1. The second-order valence-corrected chi connectivity index (χ2v) is 7.01. The highest BCUT2D eigenvalue weighted by molar-refractivity contribution is 5.94. The number of benzene rings is 2. The molecule has 0 radical (unpaired) electrons. The Bertz CT molecular complexity index is 1120. The molecule has 1 saturated heterocycles. The number of para-hydroxylation sites is 1. The fourth-order valence-electron chi connectivity index (χ4n) is 3.25. The van der Waals surface area contributed by atoms with Gasteiger partial charge in [-0.1, -0.05) is 30.3 Å². The van der Waals surface area contributed by atoms with Crippen molar-refractivity contribution in [3.05, 3.63) is 60.7 Å². The molecule has 166 valence electrons. The highest BCUT2D eigenvalue weighted by Crippen LogP contribution is 2.31. The van der Waals surface area contributed by atoms with Gasteiger partial charge in [0.05, 0.1) is 17.3 Å². The molecule has 8 nitrogen and oxygen atoms in total. The largest absolute Gasteiger partial charge is 0.573 e. The molecule has 0 saturated carbocycles. The SMILES string of the molecule is O=C1NCC(C(=O)Nc2cc(-c3cccc(OC(F)(F)F)c3)n(-c3ccccc3)n2)CN1. The predicted molar refractivity (Wildman–Crippen MR) is 109 cm³/mol. The van der Waals surface area contributed by atoms with Crippen LogP contribution in [-0.2, 0) is 4.79 Å². The van der Waals surface area contributed by atoms with E-state index < -0.39 is 12.3 Å². The number of hydrogen-bond acceptors (Lipinski definition) is 4. The van der Waals surface area contributed by atoms with Crippen molar-refractivity contribution in [1.29, 1.82) is 0 Å². The average molecular weight is 445 g/mol. The maximum atomic E-state index is 12.6. The number of aromatic nitrogens is 2. The summed E-state index contributed by atoms with van der Waals surface area (Å²) in [5.74, 6) is -1.00. The number of carbonyl (C=O) groups is 2. The zero-order valence-corrected chi connectivity index (χ0v) is 16.5. The van der Waals surface area contributed by atoms with Gasteiger partial charge in [-0.25, -0.2) is 9.48 Å². The fraction of sp³-hybridized carbons (Fsp3) is 0.190. The number of ether oxygens (including phenoxy) is 1. The molecule has 3 amide bonds. The Kier molecular flexibility index (Phi) is 5.71. The molecule has 3 aromatic rings. The molecule has 1 fully saturated rings. The van der Waals surface area contributed by atoms with Gasteiger partial charge >= 0.3 is 12.4 Å². The topological polar surface area (TPSA) is 97.3 Å². The van der Waals surface area contributed by atoms with Gasteiger partial charge in [0.25, 0.3) is 0 Å². The van der Waals surface area contributed by atoms with Crippen molar-refractivity contribution in [2.24, 2.45) is 5.92 Å². The van der Waals surface area contributed by atoms with E-state index in [0.29, 0.717) is 16.9 Å². The standard InChI is InChI=1S/C21H18F3N5O3/c22-21(23,24)32-16-8-4-5-13(9-16)17-10-18(28-29(17)15-6-2-1-3-7-15)27-19(30)14-11-25-20(31)26-12-14/h1-10,14H,11-12H2,(H2,25,26,31)(H,27,28,30). The number of nitrogens with one attached hydrogen (secondary N) is 3.